The van der Waals surface area contributed by atoms with E-state index in [2.05, 4.69) is 53.3 Å². The molecule has 0 amide bonds. The van der Waals surface area contributed by atoms with Crippen molar-refractivity contribution in [2.24, 2.45) is 34.0 Å². The van der Waals surface area contributed by atoms with Gasteiger partial charge in [0.1, 0.15) is 0 Å². The minimum absolute atomic E-state index is 0.0237. The lowest BCUT2D eigenvalue weighted by Crippen LogP contribution is -2.47. The maximum Gasteiger partial charge on any atom is 0.336 e. The van der Waals surface area contributed by atoms with Gasteiger partial charge in [0.05, 0.1) is 0 Å². The van der Waals surface area contributed by atoms with Crippen molar-refractivity contribution < 1.29 is 24.5 Å². The van der Waals surface area contributed by atoms with E-state index in [0.29, 0.717) is 24.3 Å². The molecule has 4 aliphatic rings. The van der Waals surface area contributed by atoms with Gasteiger partial charge in [-0.25, -0.2) is 4.79 Å². The summed E-state index contributed by atoms with van der Waals surface area (Å²) in [6.07, 6.45) is 11.4. The molecular weight excluding hydrogens is 440 g/mol. The third-order valence-electron chi connectivity index (χ3n) is 10.6. The quantitative estimate of drug-likeness (QED) is 0.326. The minimum Gasteiger partial charge on any atom is -0.481 e. The van der Waals surface area contributed by atoms with Gasteiger partial charge >= 0.3 is 11.9 Å². The molecule has 1 aliphatic heterocycles. The van der Waals surface area contributed by atoms with E-state index < -0.39 is 17.7 Å². The number of carboxylic acids is 1. The highest BCUT2D eigenvalue weighted by Gasteiger charge is 2.59. The molecule has 0 spiro atoms. The van der Waals surface area contributed by atoms with E-state index >= 15 is 0 Å². The fourth-order valence-electron chi connectivity index (χ4n) is 8.17. The third kappa shape index (κ3) is 3.94. The summed E-state index contributed by atoms with van der Waals surface area (Å²) in [5.41, 5.74) is 4.23. The fraction of sp³-hybridized carbons (Fsp3) is 0.667. The number of carbonyl (C=O) groups excluding carboxylic acids is 1. The molecule has 3 aliphatic carbocycles. The SMILES string of the molecule is C=C(C)[C@@H]1C=CC2=C3CC[C@@](C)([C@H](C)CC4(O)C=C(C)C(=O)O4)[C@]3(C)CC[C@H]2[C@@]1(C)CCC(=O)O. The number of esters is 1. The molecule has 192 valence electrons. The lowest BCUT2D eigenvalue weighted by Gasteiger charge is -2.55. The van der Waals surface area contributed by atoms with Crippen molar-refractivity contribution >= 4 is 11.9 Å². The number of allylic oxidation sites excluding steroid dienone is 5. The summed E-state index contributed by atoms with van der Waals surface area (Å²) >= 11 is 0. The zero-order valence-corrected chi connectivity index (χ0v) is 22.2. The topological polar surface area (TPSA) is 83.8 Å². The van der Waals surface area contributed by atoms with Crippen molar-refractivity contribution in [3.63, 3.8) is 0 Å². The number of carbonyl (C=O) groups is 2. The number of fused-ring (bicyclic) bond motifs is 2. The average molecular weight is 483 g/mol. The van der Waals surface area contributed by atoms with Crippen molar-refractivity contribution in [2.75, 3.05) is 0 Å². The predicted octanol–water partition coefficient (Wildman–Crippen LogP) is 6.35. The maximum atomic E-state index is 11.9. The lowest BCUT2D eigenvalue weighted by atomic mass is 9.49. The van der Waals surface area contributed by atoms with Gasteiger partial charge in [-0.05, 0) is 85.7 Å². The molecule has 0 saturated heterocycles. The van der Waals surface area contributed by atoms with Gasteiger partial charge in [-0.1, -0.05) is 57.6 Å². The third-order valence-corrected chi connectivity index (χ3v) is 10.6. The van der Waals surface area contributed by atoms with Gasteiger partial charge in [0.2, 0.25) is 5.79 Å². The van der Waals surface area contributed by atoms with Crippen LogP contribution in [-0.4, -0.2) is 27.9 Å². The van der Waals surface area contributed by atoms with E-state index in [1.54, 1.807) is 13.0 Å². The summed E-state index contributed by atoms with van der Waals surface area (Å²) in [6.45, 7) is 17.2. The number of cyclic esters (lactones) is 1. The van der Waals surface area contributed by atoms with Gasteiger partial charge in [-0.3, -0.25) is 4.79 Å². The van der Waals surface area contributed by atoms with Crippen LogP contribution in [0.3, 0.4) is 0 Å². The first-order valence-corrected chi connectivity index (χ1v) is 13.1. The Balaban J connectivity index is 1.69. The normalized spacial score (nSPS) is 41.2. The molecule has 0 aromatic carbocycles. The first kappa shape index (κ1) is 25.9. The van der Waals surface area contributed by atoms with Crippen LogP contribution < -0.4 is 0 Å². The Morgan fingerprint density at radius 3 is 2.54 bits per heavy atom. The monoisotopic (exact) mass is 482 g/mol. The number of aliphatic carboxylic acids is 1. The number of hydrogen-bond acceptors (Lipinski definition) is 4. The molecule has 35 heavy (non-hydrogen) atoms. The molecule has 1 fully saturated rings. The van der Waals surface area contributed by atoms with Gasteiger partial charge in [0.25, 0.3) is 0 Å². The summed E-state index contributed by atoms with van der Waals surface area (Å²) in [4.78, 5) is 23.5. The van der Waals surface area contributed by atoms with Crippen molar-refractivity contribution in [3.05, 3.63) is 47.1 Å². The van der Waals surface area contributed by atoms with Crippen LogP contribution in [0.25, 0.3) is 0 Å². The van der Waals surface area contributed by atoms with Crippen LogP contribution in [0, 0.1) is 34.0 Å². The first-order chi connectivity index (χ1) is 16.2. The lowest BCUT2D eigenvalue weighted by molar-refractivity contribution is -0.187. The summed E-state index contributed by atoms with van der Waals surface area (Å²) in [6, 6.07) is 0. The van der Waals surface area contributed by atoms with Crippen molar-refractivity contribution in [2.45, 2.75) is 92.3 Å². The Hall–Kier alpha value is -2.14. The molecular formula is C30H42O5. The maximum absolute atomic E-state index is 11.9. The Bertz CT molecular complexity index is 1050. The second-order valence-electron chi connectivity index (χ2n) is 12.5. The summed E-state index contributed by atoms with van der Waals surface area (Å²) in [5.74, 6) is -2.08. The molecule has 1 unspecified atom stereocenters. The molecule has 0 radical (unpaired) electrons. The second-order valence-corrected chi connectivity index (χ2v) is 12.5. The standard InChI is InChI=1S/C30H42O5/c1-18(2)22-9-8-21-23(27(22,5)13-12-25(31)32)10-15-29(7)24(21)11-14-28(29,6)20(4)17-30(34)16-19(3)26(33)35-30/h8-9,16,20,22-23,34H,1,10-15,17H2,2-7H3,(H,31,32)/t20-,22+,23-,27+,28+,29-,30?/m1/s1. The number of carboxylic acid groups (broad SMARTS) is 1. The molecule has 5 nitrogen and oxygen atoms in total. The molecule has 4 rings (SSSR count). The van der Waals surface area contributed by atoms with Crippen molar-refractivity contribution in [3.8, 4) is 0 Å². The Labute approximate surface area is 210 Å². The Morgan fingerprint density at radius 1 is 1.29 bits per heavy atom. The van der Waals surface area contributed by atoms with Crippen LogP contribution in [0.5, 0.6) is 0 Å². The molecule has 5 heteroatoms. The van der Waals surface area contributed by atoms with Crippen molar-refractivity contribution in [1.29, 1.82) is 0 Å². The first-order valence-electron chi connectivity index (χ1n) is 13.1. The molecule has 2 N–H and O–H groups in total. The molecule has 0 bridgehead atoms. The minimum atomic E-state index is -1.53. The molecule has 7 atom stereocenters. The van der Waals surface area contributed by atoms with Crippen LogP contribution in [0.15, 0.2) is 47.1 Å². The summed E-state index contributed by atoms with van der Waals surface area (Å²) in [7, 11) is 0. The molecule has 0 aromatic heterocycles. The van der Waals surface area contributed by atoms with E-state index in [1.165, 1.54) is 11.1 Å². The van der Waals surface area contributed by atoms with E-state index in [0.717, 1.165) is 31.3 Å². The van der Waals surface area contributed by atoms with Gasteiger partial charge in [-0.2, -0.15) is 0 Å². The van der Waals surface area contributed by atoms with Gasteiger partial charge in [0.15, 0.2) is 0 Å². The van der Waals surface area contributed by atoms with Crippen molar-refractivity contribution in [1.82, 2.24) is 0 Å². The second kappa shape index (κ2) is 8.47. The zero-order chi connectivity index (χ0) is 26.0. The largest absolute Gasteiger partial charge is 0.481 e. The predicted molar refractivity (Wildman–Crippen MR) is 136 cm³/mol. The van der Waals surface area contributed by atoms with Crippen LogP contribution in [0.4, 0.5) is 0 Å². The van der Waals surface area contributed by atoms with Gasteiger partial charge < -0.3 is 14.9 Å². The fourth-order valence-corrected chi connectivity index (χ4v) is 8.17. The number of ether oxygens (including phenoxy) is 1. The molecule has 0 aromatic rings. The van der Waals surface area contributed by atoms with E-state index in [4.69, 9.17) is 4.74 Å². The molecule has 1 heterocycles. The highest BCUT2D eigenvalue weighted by molar-refractivity contribution is 5.90. The van der Waals surface area contributed by atoms with E-state index in [9.17, 15) is 19.8 Å². The summed E-state index contributed by atoms with van der Waals surface area (Å²) < 4.78 is 5.34. The Morgan fingerprint density at radius 2 is 1.97 bits per heavy atom. The van der Waals surface area contributed by atoms with Crippen LogP contribution in [0.1, 0.15) is 86.5 Å². The number of hydrogen-bond donors (Lipinski definition) is 2. The number of aliphatic hydroxyl groups is 1. The van der Waals surface area contributed by atoms with Crippen LogP contribution in [-0.2, 0) is 14.3 Å². The van der Waals surface area contributed by atoms with Gasteiger partial charge in [-0.15, -0.1) is 0 Å². The smallest absolute Gasteiger partial charge is 0.336 e. The highest BCUT2D eigenvalue weighted by atomic mass is 16.7. The highest BCUT2D eigenvalue weighted by Crippen LogP contribution is 2.68. The van der Waals surface area contributed by atoms with E-state index in [-0.39, 0.29) is 34.5 Å². The summed E-state index contributed by atoms with van der Waals surface area (Å²) in [5, 5.41) is 20.5. The zero-order valence-electron chi connectivity index (χ0n) is 22.2. The molecule has 1 saturated carbocycles. The van der Waals surface area contributed by atoms with Crippen LogP contribution >= 0.6 is 0 Å². The van der Waals surface area contributed by atoms with Gasteiger partial charge in [0, 0.05) is 24.3 Å². The van der Waals surface area contributed by atoms with E-state index in [1.807, 2.05) is 0 Å². The average Bonchev–Trinajstić information content (AvgIpc) is 3.18. The number of rotatable bonds is 7. The van der Waals surface area contributed by atoms with Crippen LogP contribution in [0.2, 0.25) is 0 Å². The Kier molecular flexibility index (Phi) is 6.28.